The fourth-order valence-electron chi connectivity index (χ4n) is 2.17. The van der Waals surface area contributed by atoms with Crippen LogP contribution in [0.4, 0.5) is 0 Å². The maximum Gasteiger partial charge on any atom is 0.0726 e. The molecule has 2 rings (SSSR count). The van der Waals surface area contributed by atoms with Gasteiger partial charge < -0.3 is 10.1 Å². The van der Waals surface area contributed by atoms with Gasteiger partial charge in [0.05, 0.1) is 6.10 Å². The van der Waals surface area contributed by atoms with Gasteiger partial charge in [0.15, 0.2) is 0 Å². The summed E-state index contributed by atoms with van der Waals surface area (Å²) in [5, 5.41) is 3.64. The summed E-state index contributed by atoms with van der Waals surface area (Å²) >= 11 is 0. The highest BCUT2D eigenvalue weighted by atomic mass is 16.5. The lowest BCUT2D eigenvalue weighted by Gasteiger charge is -2.29. The molecule has 2 unspecified atom stereocenters. The van der Waals surface area contributed by atoms with Crippen LogP contribution in [0.5, 0.6) is 0 Å². The van der Waals surface area contributed by atoms with Crippen molar-refractivity contribution in [3.05, 3.63) is 35.4 Å². The van der Waals surface area contributed by atoms with Crippen LogP contribution in [0, 0.1) is 6.92 Å². The van der Waals surface area contributed by atoms with E-state index in [1.54, 1.807) is 0 Å². The minimum absolute atomic E-state index is 0.127. The highest BCUT2D eigenvalue weighted by molar-refractivity contribution is 5.25. The van der Waals surface area contributed by atoms with Crippen molar-refractivity contribution in [2.24, 2.45) is 0 Å². The van der Waals surface area contributed by atoms with Crippen molar-refractivity contribution in [1.29, 1.82) is 0 Å². The molecule has 0 aliphatic carbocycles. The van der Waals surface area contributed by atoms with Gasteiger partial charge in [-0.05, 0) is 38.3 Å². The van der Waals surface area contributed by atoms with E-state index in [0.29, 0.717) is 6.10 Å². The maximum atomic E-state index is 5.62. The zero-order chi connectivity index (χ0) is 11.6. The largest absolute Gasteiger partial charge is 0.377 e. The summed E-state index contributed by atoms with van der Waals surface area (Å²) in [6.07, 6.45) is 1.40. The lowest BCUT2D eigenvalue weighted by Crippen LogP contribution is -2.47. The van der Waals surface area contributed by atoms with E-state index in [1.165, 1.54) is 11.1 Å². The topological polar surface area (TPSA) is 21.3 Å². The first-order valence-electron chi connectivity index (χ1n) is 6.03. The Labute approximate surface area is 98.0 Å². The van der Waals surface area contributed by atoms with Crippen LogP contribution in [0.25, 0.3) is 0 Å². The number of aryl methyl sites for hydroxylation is 1. The summed E-state index contributed by atoms with van der Waals surface area (Å²) in [7, 11) is 0. The first kappa shape index (κ1) is 11.6. The summed E-state index contributed by atoms with van der Waals surface area (Å²) in [5.41, 5.74) is 2.86. The lowest BCUT2D eigenvalue weighted by atomic mass is 9.94. The van der Waals surface area contributed by atoms with E-state index in [2.05, 4.69) is 50.4 Å². The van der Waals surface area contributed by atoms with E-state index in [9.17, 15) is 0 Å². The van der Waals surface area contributed by atoms with Gasteiger partial charge in [0.25, 0.3) is 0 Å². The molecule has 1 aliphatic heterocycles. The second-order valence-electron chi connectivity index (χ2n) is 4.96. The van der Waals surface area contributed by atoms with Gasteiger partial charge in [-0.15, -0.1) is 0 Å². The van der Waals surface area contributed by atoms with Gasteiger partial charge in [0, 0.05) is 18.7 Å². The monoisotopic (exact) mass is 219 g/mol. The summed E-state index contributed by atoms with van der Waals surface area (Å²) in [5.74, 6) is 0. The molecule has 1 N–H and O–H groups in total. The molecule has 0 aromatic heterocycles. The molecular formula is C14H21NO. The first-order chi connectivity index (χ1) is 7.62. The van der Waals surface area contributed by atoms with Crippen molar-refractivity contribution >= 4 is 0 Å². The third-order valence-corrected chi connectivity index (χ3v) is 3.83. The van der Waals surface area contributed by atoms with E-state index < -0.39 is 0 Å². The molecule has 1 fully saturated rings. The molecular weight excluding hydrogens is 198 g/mol. The van der Waals surface area contributed by atoms with Crippen molar-refractivity contribution in [3.8, 4) is 0 Å². The van der Waals surface area contributed by atoms with Crippen LogP contribution in [0.15, 0.2) is 24.3 Å². The zero-order valence-electron chi connectivity index (χ0n) is 10.4. The molecule has 1 saturated heterocycles. The Balaban J connectivity index is 2.00. The fraction of sp³-hybridized carbons (Fsp3) is 0.571. The molecule has 2 nitrogen and oxygen atoms in total. The molecule has 1 aromatic carbocycles. The predicted octanol–water partition coefficient (Wildman–Crippen LogP) is 2.65. The summed E-state index contributed by atoms with van der Waals surface area (Å²) < 4.78 is 5.62. The average Bonchev–Trinajstić information content (AvgIpc) is 2.59. The summed E-state index contributed by atoms with van der Waals surface area (Å²) in [4.78, 5) is 0. The molecule has 2 heteroatoms. The van der Waals surface area contributed by atoms with Crippen molar-refractivity contribution < 1.29 is 4.74 Å². The Morgan fingerprint density at radius 2 is 2.19 bits per heavy atom. The standard InChI is InChI=1S/C14H21NO/c1-11-6-4-5-7-13(11)10-15-14(3)8-9-16-12(14)2/h4-7,12,15H,8-10H2,1-3H3. The number of hydrogen-bond acceptors (Lipinski definition) is 2. The second-order valence-corrected chi connectivity index (χ2v) is 4.96. The quantitative estimate of drug-likeness (QED) is 0.844. The Morgan fingerprint density at radius 3 is 2.81 bits per heavy atom. The lowest BCUT2D eigenvalue weighted by molar-refractivity contribution is 0.0881. The van der Waals surface area contributed by atoms with Crippen molar-refractivity contribution in [2.75, 3.05) is 6.61 Å². The van der Waals surface area contributed by atoms with Crippen LogP contribution in [0.2, 0.25) is 0 Å². The van der Waals surface area contributed by atoms with Crippen molar-refractivity contribution in [3.63, 3.8) is 0 Å². The third-order valence-electron chi connectivity index (χ3n) is 3.83. The molecule has 88 valence electrons. The summed E-state index contributed by atoms with van der Waals surface area (Å²) in [6.45, 7) is 8.37. The second kappa shape index (κ2) is 4.56. The minimum Gasteiger partial charge on any atom is -0.377 e. The Morgan fingerprint density at radius 1 is 1.44 bits per heavy atom. The molecule has 0 radical (unpaired) electrons. The molecule has 16 heavy (non-hydrogen) atoms. The Kier molecular flexibility index (Phi) is 3.31. The van der Waals surface area contributed by atoms with E-state index in [-0.39, 0.29) is 5.54 Å². The highest BCUT2D eigenvalue weighted by Crippen LogP contribution is 2.25. The van der Waals surface area contributed by atoms with Crippen molar-refractivity contribution in [2.45, 2.75) is 45.4 Å². The van der Waals surface area contributed by atoms with Gasteiger partial charge >= 0.3 is 0 Å². The number of rotatable bonds is 3. The predicted molar refractivity (Wildman–Crippen MR) is 66.5 cm³/mol. The fourth-order valence-corrected chi connectivity index (χ4v) is 2.17. The van der Waals surface area contributed by atoms with Gasteiger partial charge in [0.1, 0.15) is 0 Å². The van der Waals surface area contributed by atoms with Gasteiger partial charge in [0.2, 0.25) is 0 Å². The number of ether oxygens (including phenoxy) is 1. The number of benzene rings is 1. The Hall–Kier alpha value is -0.860. The molecule has 1 heterocycles. The van der Waals surface area contributed by atoms with Crippen LogP contribution in [-0.2, 0) is 11.3 Å². The van der Waals surface area contributed by atoms with Crippen LogP contribution < -0.4 is 5.32 Å². The van der Waals surface area contributed by atoms with Crippen LogP contribution in [-0.4, -0.2) is 18.2 Å². The van der Waals surface area contributed by atoms with Crippen LogP contribution in [0.3, 0.4) is 0 Å². The molecule has 1 aromatic rings. The number of hydrogen-bond donors (Lipinski definition) is 1. The third kappa shape index (κ3) is 2.28. The van der Waals surface area contributed by atoms with E-state index in [0.717, 1.165) is 19.6 Å². The Bertz CT molecular complexity index is 364. The minimum atomic E-state index is 0.127. The molecule has 0 bridgehead atoms. The van der Waals surface area contributed by atoms with Gasteiger partial charge in [-0.25, -0.2) is 0 Å². The van der Waals surface area contributed by atoms with E-state index in [1.807, 2.05) is 0 Å². The van der Waals surface area contributed by atoms with Crippen LogP contribution in [0.1, 0.15) is 31.4 Å². The maximum absolute atomic E-state index is 5.62. The molecule has 0 amide bonds. The summed E-state index contributed by atoms with van der Waals surface area (Å²) in [6, 6.07) is 8.53. The normalized spacial score (nSPS) is 29.6. The van der Waals surface area contributed by atoms with E-state index >= 15 is 0 Å². The molecule has 0 spiro atoms. The SMILES string of the molecule is Cc1ccccc1CNC1(C)CCOC1C. The van der Waals surface area contributed by atoms with Gasteiger partial charge in [-0.2, -0.15) is 0 Å². The number of nitrogens with one attached hydrogen (secondary N) is 1. The van der Waals surface area contributed by atoms with Crippen molar-refractivity contribution in [1.82, 2.24) is 5.32 Å². The smallest absolute Gasteiger partial charge is 0.0726 e. The highest BCUT2D eigenvalue weighted by Gasteiger charge is 2.36. The first-order valence-corrected chi connectivity index (χ1v) is 6.03. The zero-order valence-corrected chi connectivity index (χ0v) is 10.4. The van der Waals surface area contributed by atoms with Gasteiger partial charge in [-0.1, -0.05) is 24.3 Å². The molecule has 0 saturated carbocycles. The van der Waals surface area contributed by atoms with Crippen LogP contribution >= 0.6 is 0 Å². The molecule has 1 aliphatic rings. The molecule has 2 atom stereocenters. The van der Waals surface area contributed by atoms with Gasteiger partial charge in [-0.3, -0.25) is 0 Å². The average molecular weight is 219 g/mol. The van der Waals surface area contributed by atoms with E-state index in [4.69, 9.17) is 4.74 Å².